The van der Waals surface area contributed by atoms with Gasteiger partial charge in [-0.2, -0.15) is 0 Å². The Balaban J connectivity index is 1.39. The lowest BCUT2D eigenvalue weighted by Crippen LogP contribution is -3.35. The molecule has 1 aromatic carbocycles. The van der Waals surface area contributed by atoms with Crippen molar-refractivity contribution in [2.24, 2.45) is 17.8 Å². The van der Waals surface area contributed by atoms with Gasteiger partial charge in [0, 0.05) is 24.8 Å². The van der Waals surface area contributed by atoms with Crippen LogP contribution in [-0.4, -0.2) is 30.7 Å². The van der Waals surface area contributed by atoms with E-state index in [0.29, 0.717) is 5.54 Å². The Labute approximate surface area is 164 Å². The fraction of sp³-hybridized carbons (Fsp3) is 0.600. The highest BCUT2D eigenvalue weighted by Crippen LogP contribution is 2.54. The minimum absolute atomic E-state index is 0.225. The van der Waals surface area contributed by atoms with Crippen molar-refractivity contribution in [2.45, 2.75) is 62.7 Å². The lowest BCUT2D eigenvalue weighted by Gasteiger charge is -2.59. The summed E-state index contributed by atoms with van der Waals surface area (Å²) in [7, 11) is 0. The van der Waals surface area contributed by atoms with Crippen molar-refractivity contribution in [1.29, 1.82) is 0 Å². The molecule has 1 saturated heterocycles. The Morgan fingerprint density at radius 1 is 0.852 bits per heavy atom. The quantitative estimate of drug-likeness (QED) is 0.743. The van der Waals surface area contributed by atoms with E-state index in [1.807, 2.05) is 0 Å². The van der Waals surface area contributed by atoms with Crippen LogP contribution in [0.2, 0.25) is 0 Å². The summed E-state index contributed by atoms with van der Waals surface area (Å²) >= 11 is 0. The average molecular weight is 361 g/mol. The summed E-state index contributed by atoms with van der Waals surface area (Å²) in [5.41, 5.74) is 1.82. The molecule has 4 saturated carbocycles. The van der Waals surface area contributed by atoms with Crippen molar-refractivity contribution < 1.29 is 9.80 Å². The second-order valence-electron chi connectivity index (χ2n) is 9.89. The predicted molar refractivity (Wildman–Crippen MR) is 108 cm³/mol. The van der Waals surface area contributed by atoms with Crippen molar-refractivity contribution in [3.05, 3.63) is 35.9 Å². The molecule has 0 amide bonds. The molecule has 6 rings (SSSR count). The van der Waals surface area contributed by atoms with E-state index >= 15 is 0 Å². The molecule has 0 radical (unpaired) electrons. The third kappa shape index (κ3) is 3.00. The van der Waals surface area contributed by atoms with Gasteiger partial charge in [0.15, 0.2) is 12.1 Å². The molecule has 2 atom stereocenters. The monoisotopic (exact) mass is 360 g/mol. The Kier molecular flexibility index (Phi) is 4.31. The summed E-state index contributed by atoms with van der Waals surface area (Å²) in [5.74, 6) is 9.23. The fourth-order valence-corrected chi connectivity index (χ4v) is 7.47. The topological polar surface area (TPSA) is 8.88 Å². The first kappa shape index (κ1) is 17.4. The predicted octanol–water partition coefficient (Wildman–Crippen LogP) is 0.942. The molecule has 140 valence electrons. The van der Waals surface area contributed by atoms with E-state index in [2.05, 4.69) is 42.2 Å². The number of hydrogen-bond donors (Lipinski definition) is 2. The minimum atomic E-state index is 0.225. The van der Waals surface area contributed by atoms with E-state index in [9.17, 15) is 0 Å². The summed E-state index contributed by atoms with van der Waals surface area (Å²) in [4.78, 5) is 3.17. The van der Waals surface area contributed by atoms with E-state index in [4.69, 9.17) is 12.8 Å². The third-order valence-electron chi connectivity index (χ3n) is 8.24. The van der Waals surface area contributed by atoms with Gasteiger partial charge in [-0.25, -0.2) is 0 Å². The molecule has 1 heterocycles. The lowest BCUT2D eigenvalue weighted by atomic mass is 9.52. The van der Waals surface area contributed by atoms with Gasteiger partial charge < -0.3 is 4.90 Å². The Bertz CT molecular complexity index is 708. The van der Waals surface area contributed by atoms with Crippen LogP contribution in [0.4, 0.5) is 0 Å². The number of piperazine rings is 1. The first-order chi connectivity index (χ1) is 13.2. The zero-order chi connectivity index (χ0) is 18.4. The molecule has 0 unspecified atom stereocenters. The highest BCUT2D eigenvalue weighted by atomic mass is 15.3. The molecular formula is C25H32N2+2. The maximum absolute atomic E-state index is 6.07. The maximum Gasteiger partial charge on any atom is 0.199 e. The molecule has 4 bridgehead atoms. The number of rotatable bonds is 3. The normalized spacial score (nSPS) is 45.2. The van der Waals surface area contributed by atoms with Crippen LogP contribution < -0.4 is 9.80 Å². The van der Waals surface area contributed by atoms with Gasteiger partial charge in [0.2, 0.25) is 0 Å². The molecule has 2 heteroatoms. The molecule has 0 aromatic heterocycles. The highest BCUT2D eigenvalue weighted by Gasteiger charge is 2.58. The molecular weight excluding hydrogens is 328 g/mol. The van der Waals surface area contributed by atoms with Crippen LogP contribution in [0.25, 0.3) is 0 Å². The van der Waals surface area contributed by atoms with Crippen molar-refractivity contribution in [1.82, 2.24) is 0 Å². The van der Waals surface area contributed by atoms with Crippen LogP contribution in [0.15, 0.2) is 30.3 Å². The number of hydrogen-bond acceptors (Lipinski definition) is 0. The van der Waals surface area contributed by atoms with Gasteiger partial charge in [-0.05, 0) is 48.9 Å². The van der Waals surface area contributed by atoms with E-state index in [-0.39, 0.29) is 12.1 Å². The van der Waals surface area contributed by atoms with Crippen molar-refractivity contribution in [2.75, 3.05) is 13.1 Å². The number of terminal acetylenes is 2. The molecule has 1 aromatic rings. The van der Waals surface area contributed by atoms with Gasteiger partial charge in [0.05, 0.1) is 5.54 Å². The van der Waals surface area contributed by atoms with Crippen LogP contribution in [0.5, 0.6) is 0 Å². The summed E-state index contributed by atoms with van der Waals surface area (Å²) in [5, 5.41) is 0. The summed E-state index contributed by atoms with van der Waals surface area (Å²) in [6, 6.07) is 11.2. The van der Waals surface area contributed by atoms with Crippen molar-refractivity contribution >= 4 is 0 Å². The zero-order valence-electron chi connectivity index (χ0n) is 16.3. The third-order valence-corrected chi connectivity index (χ3v) is 8.24. The van der Waals surface area contributed by atoms with E-state index < -0.39 is 0 Å². The highest BCUT2D eigenvalue weighted by molar-refractivity contribution is 5.14. The Hall–Kier alpha value is -1.74. The molecule has 5 aliphatic rings. The maximum atomic E-state index is 6.07. The summed E-state index contributed by atoms with van der Waals surface area (Å²) < 4.78 is 0. The zero-order valence-corrected chi connectivity index (χ0v) is 16.3. The average Bonchev–Trinajstić information content (AvgIpc) is 2.67. The summed E-state index contributed by atoms with van der Waals surface area (Å²) in [6.07, 6.45) is 20.9. The standard InChI is InChI=1S/C25H30N2/c1-3-23-17-26(25-13-20-10-21(14-25)12-22(11-20)15-25)18-24(4-2)27(23)16-19-8-6-5-7-9-19/h1-2,5-9,20-24H,10-18H2/p+2/t20?,21?,22?,23-,24-,25?/m0/s1. The molecule has 4 aliphatic carbocycles. The molecule has 0 spiro atoms. The van der Waals surface area contributed by atoms with Crippen LogP contribution in [0.3, 0.4) is 0 Å². The molecule has 5 fully saturated rings. The first-order valence-electron chi connectivity index (χ1n) is 10.9. The molecule has 2 N–H and O–H groups in total. The van der Waals surface area contributed by atoms with Gasteiger partial charge in [-0.15, -0.1) is 12.8 Å². The van der Waals surface area contributed by atoms with E-state index in [0.717, 1.165) is 37.4 Å². The summed E-state index contributed by atoms with van der Waals surface area (Å²) in [6.45, 7) is 3.14. The van der Waals surface area contributed by atoms with Crippen LogP contribution in [0, 0.1) is 42.4 Å². The minimum Gasteiger partial charge on any atom is -0.318 e. The second kappa shape index (κ2) is 6.70. The van der Waals surface area contributed by atoms with Gasteiger partial charge in [0.25, 0.3) is 0 Å². The van der Waals surface area contributed by atoms with Crippen LogP contribution >= 0.6 is 0 Å². The van der Waals surface area contributed by atoms with Crippen molar-refractivity contribution in [3.8, 4) is 24.7 Å². The lowest BCUT2D eigenvalue weighted by molar-refractivity contribution is -1.07. The van der Waals surface area contributed by atoms with Gasteiger partial charge >= 0.3 is 0 Å². The molecule has 1 aliphatic heterocycles. The Morgan fingerprint density at radius 3 is 1.85 bits per heavy atom. The SMILES string of the molecule is C#C[C@H]1C[NH+](C23CC4CC(CC(C4)C2)C3)C[C@H](C#C)[NH+]1Cc1ccccc1. The first-order valence-corrected chi connectivity index (χ1v) is 10.9. The van der Waals surface area contributed by atoms with Crippen molar-refractivity contribution in [3.63, 3.8) is 0 Å². The van der Waals surface area contributed by atoms with Gasteiger partial charge in [-0.1, -0.05) is 30.3 Å². The van der Waals surface area contributed by atoms with E-state index in [1.54, 1.807) is 4.90 Å². The van der Waals surface area contributed by atoms with Crippen LogP contribution in [0.1, 0.15) is 44.1 Å². The second-order valence-corrected chi connectivity index (χ2v) is 9.89. The largest absolute Gasteiger partial charge is 0.318 e. The fourth-order valence-electron chi connectivity index (χ4n) is 7.47. The number of quaternary nitrogens is 2. The Morgan fingerprint density at radius 2 is 1.37 bits per heavy atom. The molecule has 2 nitrogen and oxygen atoms in total. The molecule has 27 heavy (non-hydrogen) atoms. The number of nitrogens with one attached hydrogen (secondary N) is 2. The van der Waals surface area contributed by atoms with E-state index in [1.165, 1.54) is 49.0 Å². The number of benzene rings is 1. The van der Waals surface area contributed by atoms with Crippen LogP contribution in [-0.2, 0) is 6.54 Å². The smallest absolute Gasteiger partial charge is 0.199 e. The van der Waals surface area contributed by atoms with Gasteiger partial charge in [-0.3, -0.25) is 4.90 Å². The van der Waals surface area contributed by atoms with Gasteiger partial charge in [0.1, 0.15) is 19.6 Å².